The fourth-order valence-corrected chi connectivity index (χ4v) is 3.03. The molecule has 6 heteroatoms. The highest BCUT2D eigenvalue weighted by Gasteiger charge is 2.24. The summed E-state index contributed by atoms with van der Waals surface area (Å²) in [6.45, 7) is 9.14. The smallest absolute Gasteiger partial charge is 0.243 e. The van der Waals surface area contributed by atoms with Crippen LogP contribution in [-0.4, -0.2) is 35.7 Å². The molecular formula is C16H26N4OS. The second-order valence-corrected chi connectivity index (χ2v) is 7.81. The van der Waals surface area contributed by atoms with Gasteiger partial charge in [0, 0.05) is 16.8 Å². The summed E-state index contributed by atoms with van der Waals surface area (Å²) in [5, 5.41) is 9.70. The highest BCUT2D eigenvalue weighted by atomic mass is 32.1. The third-order valence-electron chi connectivity index (χ3n) is 3.60. The number of nitrogens with one attached hydrogen (secondary N) is 1. The van der Waals surface area contributed by atoms with Crippen molar-refractivity contribution >= 4 is 11.3 Å². The van der Waals surface area contributed by atoms with E-state index in [9.17, 15) is 0 Å². The summed E-state index contributed by atoms with van der Waals surface area (Å²) in [6.07, 6.45) is 0. The molecule has 0 aromatic carbocycles. The monoisotopic (exact) mass is 322 g/mol. The van der Waals surface area contributed by atoms with Gasteiger partial charge in [-0.1, -0.05) is 32.0 Å². The number of rotatable bonds is 6. The molecule has 122 valence electrons. The lowest BCUT2D eigenvalue weighted by molar-refractivity contribution is 0.271. The van der Waals surface area contributed by atoms with E-state index < -0.39 is 0 Å². The van der Waals surface area contributed by atoms with Crippen LogP contribution in [0.2, 0.25) is 0 Å². The van der Waals surface area contributed by atoms with Crippen LogP contribution in [0.25, 0.3) is 0 Å². The van der Waals surface area contributed by atoms with E-state index in [0.717, 1.165) is 12.4 Å². The van der Waals surface area contributed by atoms with Gasteiger partial charge in [0.15, 0.2) is 5.82 Å². The molecule has 0 aliphatic rings. The maximum Gasteiger partial charge on any atom is 0.243 e. The van der Waals surface area contributed by atoms with E-state index in [1.807, 2.05) is 0 Å². The Morgan fingerprint density at radius 1 is 1.36 bits per heavy atom. The summed E-state index contributed by atoms with van der Waals surface area (Å²) in [6, 6.07) is 4.64. The Hall–Kier alpha value is -1.24. The summed E-state index contributed by atoms with van der Waals surface area (Å²) < 4.78 is 5.40. The number of likely N-dealkylation sites (N-methyl/N-ethyl adjacent to an activating group) is 1. The standard InChI is InChI=1S/C16H26N4OS/c1-11(14-18-15(19-21-14)16(2,3)4)17-10-12(20(5)6)13-8-7-9-22-13/h7-9,11-12,17H,10H2,1-6H3/t11-,12-/m0/s1. The molecule has 0 fully saturated rings. The normalized spacial score (nSPS) is 15.2. The summed E-state index contributed by atoms with van der Waals surface area (Å²) in [5.41, 5.74) is -0.0926. The Kier molecular flexibility index (Phi) is 5.36. The van der Waals surface area contributed by atoms with Crippen molar-refractivity contribution in [3.63, 3.8) is 0 Å². The van der Waals surface area contributed by atoms with Crippen molar-refractivity contribution in [1.29, 1.82) is 0 Å². The molecule has 22 heavy (non-hydrogen) atoms. The van der Waals surface area contributed by atoms with Crippen molar-refractivity contribution in [2.75, 3.05) is 20.6 Å². The summed E-state index contributed by atoms with van der Waals surface area (Å²) in [5.74, 6) is 1.40. The Bertz CT molecular complexity index is 571. The van der Waals surface area contributed by atoms with Crippen molar-refractivity contribution in [3.05, 3.63) is 34.1 Å². The van der Waals surface area contributed by atoms with Gasteiger partial charge in [-0.2, -0.15) is 4.98 Å². The van der Waals surface area contributed by atoms with Crippen LogP contribution in [0.3, 0.4) is 0 Å². The first-order valence-corrected chi connectivity index (χ1v) is 8.44. The number of hydrogen-bond donors (Lipinski definition) is 1. The van der Waals surface area contributed by atoms with Crippen LogP contribution in [0.5, 0.6) is 0 Å². The lowest BCUT2D eigenvalue weighted by Crippen LogP contribution is -2.32. The van der Waals surface area contributed by atoms with E-state index in [1.165, 1.54) is 4.88 Å². The van der Waals surface area contributed by atoms with E-state index in [1.54, 1.807) is 11.3 Å². The van der Waals surface area contributed by atoms with Gasteiger partial charge in [-0.25, -0.2) is 0 Å². The second kappa shape index (κ2) is 6.89. The second-order valence-electron chi connectivity index (χ2n) is 6.83. The summed E-state index contributed by atoms with van der Waals surface area (Å²) >= 11 is 1.78. The van der Waals surface area contributed by atoms with Gasteiger partial charge in [0.05, 0.1) is 12.1 Å². The molecule has 2 heterocycles. The molecule has 0 saturated carbocycles. The fraction of sp³-hybridized carbons (Fsp3) is 0.625. The molecule has 0 spiro atoms. The van der Waals surface area contributed by atoms with Gasteiger partial charge < -0.3 is 14.7 Å². The minimum atomic E-state index is -0.0926. The lowest BCUT2D eigenvalue weighted by atomic mass is 9.96. The van der Waals surface area contributed by atoms with Crippen molar-refractivity contribution in [2.45, 2.75) is 45.2 Å². The van der Waals surface area contributed by atoms with Gasteiger partial charge >= 0.3 is 0 Å². The van der Waals surface area contributed by atoms with Gasteiger partial charge in [-0.3, -0.25) is 0 Å². The molecule has 5 nitrogen and oxygen atoms in total. The zero-order valence-electron chi connectivity index (χ0n) is 14.3. The minimum Gasteiger partial charge on any atom is -0.338 e. The molecule has 2 aromatic heterocycles. The SMILES string of the molecule is C[C@H](NC[C@@H](c1cccs1)N(C)C)c1nc(C(C)(C)C)no1. The maximum atomic E-state index is 5.40. The van der Waals surface area contributed by atoms with E-state index in [2.05, 4.69) is 79.7 Å². The fourth-order valence-electron chi connectivity index (χ4n) is 2.11. The van der Waals surface area contributed by atoms with Crippen molar-refractivity contribution < 1.29 is 4.52 Å². The Balaban J connectivity index is 1.99. The molecule has 0 aliphatic heterocycles. The van der Waals surface area contributed by atoms with Crippen molar-refractivity contribution in [3.8, 4) is 0 Å². The average molecular weight is 322 g/mol. The quantitative estimate of drug-likeness (QED) is 0.883. The Labute approximate surface area is 136 Å². The van der Waals surface area contributed by atoms with Crippen LogP contribution in [0.4, 0.5) is 0 Å². The molecular weight excluding hydrogens is 296 g/mol. The minimum absolute atomic E-state index is 0.0333. The lowest BCUT2D eigenvalue weighted by Gasteiger charge is -2.24. The topological polar surface area (TPSA) is 54.2 Å². The molecule has 0 radical (unpaired) electrons. The largest absolute Gasteiger partial charge is 0.338 e. The predicted octanol–water partition coefficient (Wildman–Crippen LogP) is 3.38. The molecule has 0 amide bonds. The molecule has 1 N–H and O–H groups in total. The highest BCUT2D eigenvalue weighted by molar-refractivity contribution is 7.10. The third-order valence-corrected chi connectivity index (χ3v) is 4.57. The van der Waals surface area contributed by atoms with E-state index in [4.69, 9.17) is 4.52 Å². The third kappa shape index (κ3) is 4.15. The molecule has 0 unspecified atom stereocenters. The molecule has 0 aliphatic carbocycles. The number of nitrogens with zero attached hydrogens (tertiary/aromatic N) is 3. The first-order chi connectivity index (χ1) is 10.3. The number of aromatic nitrogens is 2. The van der Waals surface area contributed by atoms with Crippen LogP contribution in [-0.2, 0) is 5.41 Å². The molecule has 2 atom stereocenters. The van der Waals surface area contributed by atoms with Gasteiger partial charge in [0.25, 0.3) is 0 Å². The van der Waals surface area contributed by atoms with E-state index >= 15 is 0 Å². The predicted molar refractivity (Wildman–Crippen MR) is 90.2 cm³/mol. The molecule has 2 rings (SSSR count). The van der Waals surface area contributed by atoms with Crippen LogP contribution >= 0.6 is 11.3 Å². The molecule has 0 saturated heterocycles. The van der Waals surface area contributed by atoms with Crippen molar-refractivity contribution in [2.24, 2.45) is 0 Å². The first kappa shape index (κ1) is 17.1. The van der Waals surface area contributed by atoms with E-state index in [0.29, 0.717) is 11.9 Å². The van der Waals surface area contributed by atoms with E-state index in [-0.39, 0.29) is 11.5 Å². The summed E-state index contributed by atoms with van der Waals surface area (Å²) in [7, 11) is 4.20. The number of hydrogen-bond acceptors (Lipinski definition) is 6. The van der Waals surface area contributed by atoms with Crippen LogP contribution in [0.15, 0.2) is 22.0 Å². The highest BCUT2D eigenvalue weighted by Crippen LogP contribution is 2.24. The zero-order chi connectivity index (χ0) is 16.3. The zero-order valence-corrected chi connectivity index (χ0v) is 15.1. The van der Waals surface area contributed by atoms with Crippen LogP contribution in [0.1, 0.15) is 56.4 Å². The van der Waals surface area contributed by atoms with Gasteiger partial charge in [-0.05, 0) is 32.5 Å². The van der Waals surface area contributed by atoms with Gasteiger partial charge in [-0.15, -0.1) is 11.3 Å². The van der Waals surface area contributed by atoms with Gasteiger partial charge in [0.2, 0.25) is 5.89 Å². The van der Waals surface area contributed by atoms with Crippen molar-refractivity contribution in [1.82, 2.24) is 20.4 Å². The Morgan fingerprint density at radius 3 is 2.59 bits per heavy atom. The van der Waals surface area contributed by atoms with Crippen LogP contribution in [0, 0.1) is 0 Å². The summed E-state index contributed by atoms with van der Waals surface area (Å²) in [4.78, 5) is 8.09. The number of thiophene rings is 1. The van der Waals surface area contributed by atoms with Crippen LogP contribution < -0.4 is 5.32 Å². The molecule has 2 aromatic rings. The van der Waals surface area contributed by atoms with Gasteiger partial charge in [0.1, 0.15) is 0 Å². The molecule has 0 bridgehead atoms. The Morgan fingerprint density at radius 2 is 2.09 bits per heavy atom. The maximum absolute atomic E-state index is 5.40. The average Bonchev–Trinajstić information content (AvgIpc) is 3.09. The first-order valence-electron chi connectivity index (χ1n) is 7.56.